The molecule has 2 atom stereocenters. The lowest BCUT2D eigenvalue weighted by atomic mass is 9.74. The van der Waals surface area contributed by atoms with Crippen molar-refractivity contribution in [2.75, 3.05) is 13.1 Å². The minimum atomic E-state index is 0.000952. The summed E-state index contributed by atoms with van der Waals surface area (Å²) in [4.78, 5) is 29.6. The molecule has 4 rings (SSSR count). The molecular formula is C29H44N4O2. The molecule has 2 unspecified atom stereocenters. The zero-order valence-electron chi connectivity index (χ0n) is 22.1. The van der Waals surface area contributed by atoms with Crippen LogP contribution < -0.4 is 21.8 Å². The molecular weight excluding hydrogens is 436 g/mol. The lowest BCUT2D eigenvalue weighted by molar-refractivity contribution is 0.252. The summed E-state index contributed by atoms with van der Waals surface area (Å²) in [5, 5.41) is 7.52. The number of aromatic amines is 2. The van der Waals surface area contributed by atoms with Crippen molar-refractivity contribution in [3.05, 3.63) is 67.5 Å². The van der Waals surface area contributed by atoms with E-state index in [4.69, 9.17) is 0 Å². The van der Waals surface area contributed by atoms with Gasteiger partial charge >= 0.3 is 0 Å². The van der Waals surface area contributed by atoms with Gasteiger partial charge in [-0.3, -0.25) is 9.59 Å². The van der Waals surface area contributed by atoms with Crippen LogP contribution in [0.3, 0.4) is 0 Å². The number of fused-ring (bicyclic) bond motifs is 2. The fourth-order valence-electron chi connectivity index (χ4n) is 6.13. The molecule has 0 radical (unpaired) electrons. The van der Waals surface area contributed by atoms with Gasteiger partial charge in [0.15, 0.2) is 0 Å². The molecule has 0 spiro atoms. The fraction of sp³-hybridized carbons (Fsp3) is 0.655. The van der Waals surface area contributed by atoms with E-state index in [-0.39, 0.29) is 21.9 Å². The minimum absolute atomic E-state index is 0.000952. The highest BCUT2D eigenvalue weighted by Gasteiger charge is 2.33. The zero-order valence-corrected chi connectivity index (χ0v) is 22.1. The van der Waals surface area contributed by atoms with E-state index in [1.807, 2.05) is 12.1 Å². The first kappa shape index (κ1) is 25.9. The SMILES string of the molecule is CC1(C)Cc2[nH]c(=O)ccc2C(NCCCCCCCNC2CC(C)(C)Cc3[nH]c(=O)ccc32)C1. The van der Waals surface area contributed by atoms with E-state index in [0.29, 0.717) is 12.1 Å². The van der Waals surface area contributed by atoms with Crippen LogP contribution >= 0.6 is 0 Å². The maximum absolute atomic E-state index is 11.8. The zero-order chi connectivity index (χ0) is 25.1. The minimum Gasteiger partial charge on any atom is -0.326 e. The summed E-state index contributed by atoms with van der Waals surface area (Å²) < 4.78 is 0. The second-order valence-electron chi connectivity index (χ2n) is 12.4. The van der Waals surface area contributed by atoms with Crippen LogP contribution in [0.15, 0.2) is 33.9 Å². The molecule has 2 heterocycles. The number of H-pyrrole nitrogens is 2. The average Bonchev–Trinajstić information content (AvgIpc) is 2.75. The normalized spacial score (nSPS) is 22.4. The van der Waals surface area contributed by atoms with E-state index in [2.05, 4.69) is 48.3 Å². The largest absolute Gasteiger partial charge is 0.326 e. The van der Waals surface area contributed by atoms with Crippen molar-refractivity contribution in [3.63, 3.8) is 0 Å². The first-order chi connectivity index (χ1) is 16.6. The van der Waals surface area contributed by atoms with E-state index in [1.165, 1.54) is 43.2 Å². The molecule has 0 fully saturated rings. The monoisotopic (exact) mass is 480 g/mol. The maximum Gasteiger partial charge on any atom is 0.248 e. The average molecular weight is 481 g/mol. The molecule has 0 bridgehead atoms. The summed E-state index contributed by atoms with van der Waals surface area (Å²) >= 11 is 0. The van der Waals surface area contributed by atoms with Gasteiger partial charge in [-0.05, 0) is 73.6 Å². The molecule has 0 saturated carbocycles. The highest BCUT2D eigenvalue weighted by molar-refractivity contribution is 5.29. The predicted octanol–water partition coefficient (Wildman–Crippen LogP) is 4.92. The Labute approximate surface area is 209 Å². The van der Waals surface area contributed by atoms with Crippen LogP contribution in [0.2, 0.25) is 0 Å². The third-order valence-electron chi connectivity index (χ3n) is 7.78. The molecule has 0 amide bonds. The smallest absolute Gasteiger partial charge is 0.248 e. The highest BCUT2D eigenvalue weighted by atomic mass is 16.1. The number of unbranched alkanes of at least 4 members (excludes halogenated alkanes) is 4. The van der Waals surface area contributed by atoms with Crippen molar-refractivity contribution in [2.45, 2.75) is 97.6 Å². The highest BCUT2D eigenvalue weighted by Crippen LogP contribution is 2.40. The topological polar surface area (TPSA) is 89.8 Å². The quantitative estimate of drug-likeness (QED) is 0.363. The van der Waals surface area contributed by atoms with Crippen molar-refractivity contribution < 1.29 is 0 Å². The van der Waals surface area contributed by atoms with Gasteiger partial charge in [0.05, 0.1) is 0 Å². The number of nitrogens with one attached hydrogen (secondary N) is 4. The molecule has 35 heavy (non-hydrogen) atoms. The second-order valence-corrected chi connectivity index (χ2v) is 12.4. The van der Waals surface area contributed by atoms with Gasteiger partial charge < -0.3 is 20.6 Å². The van der Waals surface area contributed by atoms with Crippen LogP contribution in [-0.2, 0) is 12.8 Å². The van der Waals surface area contributed by atoms with Gasteiger partial charge in [0, 0.05) is 35.6 Å². The third-order valence-corrected chi connectivity index (χ3v) is 7.78. The molecule has 2 aromatic rings. The predicted molar refractivity (Wildman–Crippen MR) is 143 cm³/mol. The van der Waals surface area contributed by atoms with Crippen molar-refractivity contribution >= 4 is 0 Å². The van der Waals surface area contributed by atoms with Crippen LogP contribution in [0, 0.1) is 10.8 Å². The van der Waals surface area contributed by atoms with E-state index in [0.717, 1.165) is 50.2 Å². The van der Waals surface area contributed by atoms with Crippen molar-refractivity contribution in [1.29, 1.82) is 0 Å². The van der Waals surface area contributed by atoms with Crippen LogP contribution in [-0.4, -0.2) is 23.1 Å². The van der Waals surface area contributed by atoms with E-state index < -0.39 is 0 Å². The Kier molecular flexibility index (Phi) is 8.02. The number of pyridine rings is 2. The summed E-state index contributed by atoms with van der Waals surface area (Å²) in [5.41, 5.74) is 5.15. The number of hydrogen-bond acceptors (Lipinski definition) is 4. The van der Waals surface area contributed by atoms with Gasteiger partial charge in [0.25, 0.3) is 0 Å². The van der Waals surface area contributed by atoms with Gasteiger partial charge in [0.2, 0.25) is 11.1 Å². The summed E-state index contributed by atoms with van der Waals surface area (Å²) in [6, 6.07) is 7.99. The molecule has 6 nitrogen and oxygen atoms in total. The first-order valence-corrected chi connectivity index (χ1v) is 13.5. The van der Waals surface area contributed by atoms with Crippen LogP contribution in [0.25, 0.3) is 0 Å². The number of rotatable bonds is 10. The van der Waals surface area contributed by atoms with Crippen molar-refractivity contribution in [2.24, 2.45) is 10.8 Å². The lowest BCUT2D eigenvalue weighted by Crippen LogP contribution is -2.35. The van der Waals surface area contributed by atoms with Crippen LogP contribution in [0.5, 0.6) is 0 Å². The Morgan fingerprint density at radius 2 is 1.09 bits per heavy atom. The Hall–Kier alpha value is -2.18. The Morgan fingerprint density at radius 1 is 0.686 bits per heavy atom. The van der Waals surface area contributed by atoms with Gasteiger partial charge in [0.1, 0.15) is 0 Å². The maximum atomic E-state index is 11.8. The van der Waals surface area contributed by atoms with Crippen LogP contribution in [0.1, 0.15) is 107 Å². The van der Waals surface area contributed by atoms with E-state index >= 15 is 0 Å². The molecule has 2 aliphatic rings. The lowest BCUT2D eigenvalue weighted by Gasteiger charge is -2.37. The summed E-state index contributed by atoms with van der Waals surface area (Å²) in [7, 11) is 0. The standard InChI is InChI=1S/C29H44N4O2/c1-28(2)16-22(20-10-12-26(34)32-24(20)18-28)30-14-8-6-5-7-9-15-31-23-17-29(3,4)19-25-21(23)11-13-27(35)33-25/h10-13,22-23,30-31H,5-9,14-19H2,1-4H3,(H,32,34)(H,33,35). The molecule has 2 aromatic heterocycles. The van der Waals surface area contributed by atoms with Crippen LogP contribution in [0.4, 0.5) is 0 Å². The Balaban J connectivity index is 1.14. The van der Waals surface area contributed by atoms with Gasteiger partial charge in [-0.2, -0.15) is 0 Å². The van der Waals surface area contributed by atoms with Gasteiger partial charge in [-0.15, -0.1) is 0 Å². The number of aromatic nitrogens is 2. The molecule has 2 aliphatic carbocycles. The Bertz CT molecular complexity index is 1030. The Morgan fingerprint density at radius 3 is 1.51 bits per heavy atom. The first-order valence-electron chi connectivity index (χ1n) is 13.5. The van der Waals surface area contributed by atoms with E-state index in [1.54, 1.807) is 12.1 Å². The van der Waals surface area contributed by atoms with Gasteiger partial charge in [-0.25, -0.2) is 0 Å². The summed E-state index contributed by atoms with van der Waals surface area (Å²) in [6.45, 7) is 11.2. The molecule has 0 aromatic carbocycles. The number of hydrogen-bond donors (Lipinski definition) is 4. The summed E-state index contributed by atoms with van der Waals surface area (Å²) in [5.74, 6) is 0. The fourth-order valence-corrected chi connectivity index (χ4v) is 6.13. The molecule has 192 valence electrons. The van der Waals surface area contributed by atoms with Gasteiger partial charge in [-0.1, -0.05) is 59.1 Å². The molecule has 4 N–H and O–H groups in total. The van der Waals surface area contributed by atoms with Crippen molar-refractivity contribution in [1.82, 2.24) is 20.6 Å². The molecule has 0 aliphatic heterocycles. The van der Waals surface area contributed by atoms with E-state index in [9.17, 15) is 9.59 Å². The van der Waals surface area contributed by atoms with Crippen molar-refractivity contribution in [3.8, 4) is 0 Å². The molecule has 0 saturated heterocycles. The third kappa shape index (κ3) is 6.95. The second kappa shape index (κ2) is 10.8. The summed E-state index contributed by atoms with van der Waals surface area (Å²) in [6.07, 6.45) is 10.2. The molecule has 6 heteroatoms.